The van der Waals surface area contributed by atoms with E-state index in [2.05, 4.69) is 0 Å². The average molecular weight is 398 g/mol. The predicted molar refractivity (Wildman–Crippen MR) is 112 cm³/mol. The molecule has 7 heteroatoms. The maximum atomic E-state index is 13.3. The molecule has 1 heterocycles. The Bertz CT molecular complexity index is 1030. The topological polar surface area (TPSA) is 143 Å². The van der Waals surface area contributed by atoms with Crippen molar-refractivity contribution in [2.45, 2.75) is 39.0 Å². The molecule has 1 aromatic heterocycles. The van der Waals surface area contributed by atoms with Gasteiger partial charge in [0.25, 0.3) is 0 Å². The van der Waals surface area contributed by atoms with E-state index in [9.17, 15) is 15.0 Å². The summed E-state index contributed by atoms with van der Waals surface area (Å²) in [4.78, 5) is 13.3. The van der Waals surface area contributed by atoms with E-state index in [0.29, 0.717) is 47.1 Å². The molecule has 2 aromatic carbocycles. The minimum Gasteiger partial charge on any atom is -0.508 e. The van der Waals surface area contributed by atoms with Crippen LogP contribution in [0.3, 0.4) is 0 Å². The fourth-order valence-corrected chi connectivity index (χ4v) is 3.46. The van der Waals surface area contributed by atoms with E-state index in [1.54, 1.807) is 12.1 Å². The third-order valence-electron chi connectivity index (χ3n) is 4.95. The number of aliphatic hydroxyl groups excluding tert-OH is 1. The van der Waals surface area contributed by atoms with Crippen molar-refractivity contribution in [2.24, 2.45) is 0 Å². The number of hydrogen-bond donors (Lipinski definition) is 5. The Hall–Kier alpha value is -3.19. The van der Waals surface area contributed by atoms with Crippen LogP contribution in [0.1, 0.15) is 53.4 Å². The Balaban J connectivity index is 2.11. The molecule has 0 atom stereocenters. The molecular weight excluding hydrogens is 372 g/mol. The number of fused-ring (bicyclic) bond motifs is 1. The number of hydrogen-bond acceptors (Lipinski definition) is 7. The standard InChI is InChI=1S/C22H26N2O5/c1-2-5-18-20(21(27)13-8-15(23)22(28)16(24)9-13)14-11-17(26)12(6-3-4-7-25)10-19(14)29-18/h8-11,25-26,28H,2-7,23-24H2,1H3. The van der Waals surface area contributed by atoms with Crippen molar-refractivity contribution in [1.29, 1.82) is 0 Å². The van der Waals surface area contributed by atoms with Gasteiger partial charge in [-0.1, -0.05) is 6.92 Å². The van der Waals surface area contributed by atoms with Crippen molar-refractivity contribution in [1.82, 2.24) is 0 Å². The Morgan fingerprint density at radius 3 is 2.34 bits per heavy atom. The number of ketones is 1. The lowest BCUT2D eigenvalue weighted by Crippen LogP contribution is -2.06. The van der Waals surface area contributed by atoms with Gasteiger partial charge in [-0.2, -0.15) is 0 Å². The molecule has 0 saturated carbocycles. The van der Waals surface area contributed by atoms with Gasteiger partial charge in [0.1, 0.15) is 17.1 Å². The van der Waals surface area contributed by atoms with Crippen LogP contribution in [-0.4, -0.2) is 27.7 Å². The SMILES string of the molecule is CCCc1oc2cc(CCCCO)c(O)cc2c1C(=O)c1cc(N)c(O)c(N)c1. The number of phenols is 2. The summed E-state index contributed by atoms with van der Waals surface area (Å²) in [7, 11) is 0. The monoisotopic (exact) mass is 398 g/mol. The molecule has 154 valence electrons. The van der Waals surface area contributed by atoms with E-state index < -0.39 is 0 Å². The van der Waals surface area contributed by atoms with Gasteiger partial charge in [-0.25, -0.2) is 0 Å². The number of nitrogen functional groups attached to an aromatic ring is 2. The molecule has 0 aliphatic rings. The summed E-state index contributed by atoms with van der Waals surface area (Å²) in [5.41, 5.74) is 13.4. The number of aryl methyl sites for hydroxylation is 2. The number of carbonyl (C=O) groups is 1. The van der Waals surface area contributed by atoms with Gasteiger partial charge in [-0.15, -0.1) is 0 Å². The number of benzene rings is 2. The number of aliphatic hydroxyl groups is 1. The molecule has 7 N–H and O–H groups in total. The lowest BCUT2D eigenvalue weighted by atomic mass is 9.96. The normalized spacial score (nSPS) is 11.2. The molecule has 0 aliphatic heterocycles. The Morgan fingerprint density at radius 1 is 1.03 bits per heavy atom. The first-order chi connectivity index (χ1) is 13.9. The van der Waals surface area contributed by atoms with E-state index in [-0.39, 0.29) is 40.8 Å². The van der Waals surface area contributed by atoms with Gasteiger partial charge in [-0.05, 0) is 55.5 Å². The maximum absolute atomic E-state index is 13.3. The van der Waals surface area contributed by atoms with Crippen LogP contribution in [0.2, 0.25) is 0 Å². The van der Waals surface area contributed by atoms with Gasteiger partial charge >= 0.3 is 0 Å². The van der Waals surface area contributed by atoms with Crippen LogP contribution in [0.25, 0.3) is 11.0 Å². The Kier molecular flexibility index (Phi) is 5.98. The fraction of sp³-hybridized carbons (Fsp3) is 0.318. The van der Waals surface area contributed by atoms with E-state index in [4.69, 9.17) is 21.0 Å². The van der Waals surface area contributed by atoms with E-state index in [0.717, 1.165) is 12.8 Å². The van der Waals surface area contributed by atoms with E-state index >= 15 is 0 Å². The molecule has 3 aromatic rings. The molecule has 7 nitrogen and oxygen atoms in total. The first-order valence-electron chi connectivity index (χ1n) is 9.68. The van der Waals surface area contributed by atoms with Crippen LogP contribution in [-0.2, 0) is 12.8 Å². The summed E-state index contributed by atoms with van der Waals surface area (Å²) < 4.78 is 5.98. The van der Waals surface area contributed by atoms with Crippen LogP contribution in [0, 0.1) is 0 Å². The minimum absolute atomic E-state index is 0.0206. The molecule has 0 amide bonds. The summed E-state index contributed by atoms with van der Waals surface area (Å²) >= 11 is 0. The third kappa shape index (κ3) is 4.00. The van der Waals surface area contributed by atoms with Gasteiger partial charge in [0.2, 0.25) is 0 Å². The summed E-state index contributed by atoms with van der Waals surface area (Å²) in [5.74, 6) is 0.0262. The first kappa shape index (κ1) is 20.5. The smallest absolute Gasteiger partial charge is 0.197 e. The molecule has 29 heavy (non-hydrogen) atoms. The van der Waals surface area contributed by atoms with Gasteiger partial charge in [0.05, 0.1) is 16.9 Å². The van der Waals surface area contributed by atoms with Crippen LogP contribution in [0.4, 0.5) is 11.4 Å². The number of phenolic OH excluding ortho intramolecular Hbond substituents is 2. The van der Waals surface area contributed by atoms with Gasteiger partial charge < -0.3 is 31.2 Å². The fourth-order valence-electron chi connectivity index (χ4n) is 3.46. The number of anilines is 2. The lowest BCUT2D eigenvalue weighted by Gasteiger charge is -2.08. The average Bonchev–Trinajstić information content (AvgIpc) is 3.02. The number of rotatable bonds is 8. The lowest BCUT2D eigenvalue weighted by molar-refractivity contribution is 0.103. The molecule has 0 radical (unpaired) electrons. The van der Waals surface area contributed by atoms with E-state index in [1.807, 2.05) is 6.92 Å². The molecule has 0 saturated heterocycles. The predicted octanol–water partition coefficient (Wildman–Crippen LogP) is 3.51. The summed E-state index contributed by atoms with van der Waals surface area (Å²) in [6, 6.07) is 6.06. The third-order valence-corrected chi connectivity index (χ3v) is 4.95. The van der Waals surface area contributed by atoms with Gasteiger partial charge in [0, 0.05) is 24.0 Å². The van der Waals surface area contributed by atoms with Crippen molar-refractivity contribution >= 4 is 28.1 Å². The van der Waals surface area contributed by atoms with Crippen molar-refractivity contribution in [3.05, 3.63) is 46.7 Å². The molecule has 3 rings (SSSR count). The quantitative estimate of drug-likeness (QED) is 0.169. The molecule has 0 unspecified atom stereocenters. The van der Waals surface area contributed by atoms with Crippen LogP contribution < -0.4 is 11.5 Å². The molecule has 0 aliphatic carbocycles. The molecule has 0 fully saturated rings. The number of aromatic hydroxyl groups is 2. The van der Waals surface area contributed by atoms with Crippen molar-refractivity contribution < 1.29 is 24.5 Å². The van der Waals surface area contributed by atoms with Crippen molar-refractivity contribution in [2.75, 3.05) is 18.1 Å². The molecule has 0 spiro atoms. The largest absolute Gasteiger partial charge is 0.508 e. The highest BCUT2D eigenvalue weighted by Crippen LogP contribution is 2.36. The highest BCUT2D eigenvalue weighted by Gasteiger charge is 2.24. The number of unbranched alkanes of at least 4 members (excludes halogenated alkanes) is 1. The Morgan fingerprint density at radius 2 is 1.72 bits per heavy atom. The highest BCUT2D eigenvalue weighted by atomic mass is 16.3. The van der Waals surface area contributed by atoms with Crippen molar-refractivity contribution in [3.63, 3.8) is 0 Å². The van der Waals surface area contributed by atoms with Crippen LogP contribution in [0.15, 0.2) is 28.7 Å². The number of carbonyl (C=O) groups excluding carboxylic acids is 1. The number of furan rings is 1. The summed E-state index contributed by atoms with van der Waals surface area (Å²) in [5, 5.41) is 29.7. The first-order valence-corrected chi connectivity index (χ1v) is 9.68. The van der Waals surface area contributed by atoms with Gasteiger partial charge in [-0.3, -0.25) is 4.79 Å². The highest BCUT2D eigenvalue weighted by molar-refractivity contribution is 6.17. The van der Waals surface area contributed by atoms with E-state index in [1.165, 1.54) is 12.1 Å². The van der Waals surface area contributed by atoms with Crippen LogP contribution in [0.5, 0.6) is 11.5 Å². The Labute approximate surface area is 168 Å². The second kappa shape index (κ2) is 8.45. The second-order valence-electron chi connectivity index (χ2n) is 7.14. The molecular formula is C22H26N2O5. The zero-order valence-corrected chi connectivity index (χ0v) is 16.4. The minimum atomic E-state index is -0.335. The number of nitrogens with two attached hydrogens (primary N) is 2. The molecule has 0 bridgehead atoms. The van der Waals surface area contributed by atoms with Crippen molar-refractivity contribution in [3.8, 4) is 11.5 Å². The summed E-state index contributed by atoms with van der Waals surface area (Å²) in [6.45, 7) is 2.08. The maximum Gasteiger partial charge on any atom is 0.197 e. The zero-order valence-electron chi connectivity index (χ0n) is 16.4. The van der Waals surface area contributed by atoms with Crippen LogP contribution >= 0.6 is 0 Å². The summed E-state index contributed by atoms with van der Waals surface area (Å²) in [6.07, 6.45) is 3.30. The zero-order chi connectivity index (χ0) is 21.1. The van der Waals surface area contributed by atoms with Gasteiger partial charge in [0.15, 0.2) is 11.5 Å². The second-order valence-corrected chi connectivity index (χ2v) is 7.14.